The topological polar surface area (TPSA) is 3.24 Å². The molecule has 0 aliphatic heterocycles. The molecule has 3 unspecified atom stereocenters. The van der Waals surface area contributed by atoms with E-state index in [-0.39, 0.29) is 0 Å². The van der Waals surface area contributed by atoms with E-state index in [0.29, 0.717) is 17.3 Å². The quantitative estimate of drug-likeness (QED) is 0.334. The Morgan fingerprint density at radius 1 is 0.867 bits per heavy atom. The van der Waals surface area contributed by atoms with Crippen molar-refractivity contribution in [2.75, 3.05) is 13.1 Å². The molecule has 0 amide bonds. The molecule has 0 N–H and O–H groups in total. The van der Waals surface area contributed by atoms with Gasteiger partial charge in [0.05, 0.1) is 0 Å². The summed E-state index contributed by atoms with van der Waals surface area (Å²) in [6, 6.07) is 21.0. The summed E-state index contributed by atoms with van der Waals surface area (Å²) >= 11 is 6.61. The van der Waals surface area contributed by atoms with Crippen LogP contribution in [-0.2, 0) is 12.8 Å². The zero-order valence-corrected chi connectivity index (χ0v) is 19.8. The largest absolute Gasteiger partial charge is 0.300 e. The van der Waals surface area contributed by atoms with E-state index in [1.54, 1.807) is 0 Å². The molecular formula is C28H40ClN. The van der Waals surface area contributed by atoms with Crippen molar-refractivity contribution in [1.82, 2.24) is 4.90 Å². The van der Waals surface area contributed by atoms with Crippen LogP contribution in [0.15, 0.2) is 54.6 Å². The highest BCUT2D eigenvalue weighted by atomic mass is 35.5. The van der Waals surface area contributed by atoms with Crippen LogP contribution >= 0.6 is 11.6 Å². The lowest BCUT2D eigenvalue weighted by Crippen LogP contribution is -2.37. The highest BCUT2D eigenvalue weighted by Crippen LogP contribution is 2.36. The Morgan fingerprint density at radius 2 is 1.57 bits per heavy atom. The first-order chi connectivity index (χ1) is 14.7. The number of aryl methyl sites for hydroxylation is 1. The average Bonchev–Trinajstić information content (AvgIpc) is 2.79. The summed E-state index contributed by atoms with van der Waals surface area (Å²) in [7, 11) is 0. The molecule has 1 nitrogen and oxygen atoms in total. The van der Waals surface area contributed by atoms with Crippen LogP contribution < -0.4 is 0 Å². The molecule has 2 aromatic rings. The van der Waals surface area contributed by atoms with Crippen LogP contribution in [0.3, 0.4) is 0 Å². The molecule has 0 radical (unpaired) electrons. The van der Waals surface area contributed by atoms with E-state index in [4.69, 9.17) is 11.6 Å². The number of benzene rings is 2. The molecule has 30 heavy (non-hydrogen) atoms. The van der Waals surface area contributed by atoms with Gasteiger partial charge >= 0.3 is 0 Å². The second kappa shape index (κ2) is 12.5. The molecule has 2 aromatic carbocycles. The first kappa shape index (κ1) is 23.4. The number of nitrogens with zero attached hydrogens (tertiary/aromatic N) is 1. The molecule has 164 valence electrons. The Labute approximate surface area is 189 Å². The van der Waals surface area contributed by atoms with Crippen LogP contribution in [-0.4, -0.2) is 29.4 Å². The first-order valence-electron chi connectivity index (χ1n) is 12.2. The van der Waals surface area contributed by atoms with E-state index in [1.165, 1.54) is 74.6 Å². The minimum Gasteiger partial charge on any atom is -0.300 e. The SMILES string of the molecule is CCCN(CCc1ccccc1)C(CC)CCc1ccc(C2CCCCC2Cl)cc1. The molecular weight excluding hydrogens is 386 g/mol. The van der Waals surface area contributed by atoms with Gasteiger partial charge in [-0.2, -0.15) is 0 Å². The molecule has 1 aliphatic carbocycles. The maximum Gasteiger partial charge on any atom is 0.0404 e. The monoisotopic (exact) mass is 425 g/mol. The summed E-state index contributed by atoms with van der Waals surface area (Å²) in [6.07, 6.45) is 11.0. The summed E-state index contributed by atoms with van der Waals surface area (Å²) in [4.78, 5) is 2.72. The Hall–Kier alpha value is -1.31. The lowest BCUT2D eigenvalue weighted by molar-refractivity contribution is 0.183. The van der Waals surface area contributed by atoms with Crippen LogP contribution in [0, 0.1) is 0 Å². The van der Waals surface area contributed by atoms with Crippen LogP contribution in [0.2, 0.25) is 0 Å². The Balaban J connectivity index is 1.54. The highest BCUT2D eigenvalue weighted by molar-refractivity contribution is 6.21. The molecule has 2 heteroatoms. The van der Waals surface area contributed by atoms with E-state index in [2.05, 4.69) is 73.3 Å². The van der Waals surface area contributed by atoms with E-state index < -0.39 is 0 Å². The zero-order chi connectivity index (χ0) is 21.2. The normalized spacial score (nSPS) is 20.4. The molecule has 0 saturated heterocycles. The zero-order valence-electron chi connectivity index (χ0n) is 19.0. The molecule has 0 heterocycles. The lowest BCUT2D eigenvalue weighted by Gasteiger charge is -2.31. The average molecular weight is 426 g/mol. The fraction of sp³-hybridized carbons (Fsp3) is 0.571. The summed E-state index contributed by atoms with van der Waals surface area (Å²) < 4.78 is 0. The molecule has 1 saturated carbocycles. The van der Waals surface area contributed by atoms with Crippen molar-refractivity contribution in [1.29, 1.82) is 0 Å². The second-order valence-electron chi connectivity index (χ2n) is 9.02. The van der Waals surface area contributed by atoms with E-state index in [9.17, 15) is 0 Å². The van der Waals surface area contributed by atoms with Gasteiger partial charge in [0, 0.05) is 23.9 Å². The van der Waals surface area contributed by atoms with Crippen molar-refractivity contribution < 1.29 is 0 Å². The highest BCUT2D eigenvalue weighted by Gasteiger charge is 2.24. The smallest absolute Gasteiger partial charge is 0.0404 e. The number of hydrogen-bond acceptors (Lipinski definition) is 1. The summed E-state index contributed by atoms with van der Waals surface area (Å²) in [6.45, 7) is 7.01. The molecule has 3 rings (SSSR count). The fourth-order valence-corrected chi connectivity index (χ4v) is 5.48. The van der Waals surface area contributed by atoms with Crippen molar-refractivity contribution in [3.63, 3.8) is 0 Å². The van der Waals surface area contributed by atoms with Gasteiger partial charge in [-0.25, -0.2) is 0 Å². The molecule has 1 fully saturated rings. The van der Waals surface area contributed by atoms with Crippen molar-refractivity contribution in [3.05, 3.63) is 71.3 Å². The Bertz CT molecular complexity index is 711. The van der Waals surface area contributed by atoms with E-state index in [1.807, 2.05) is 0 Å². The number of halogens is 1. The Kier molecular flexibility index (Phi) is 9.75. The van der Waals surface area contributed by atoms with E-state index in [0.717, 1.165) is 13.0 Å². The number of alkyl halides is 1. The third kappa shape index (κ3) is 6.86. The molecule has 3 atom stereocenters. The van der Waals surface area contributed by atoms with Crippen LogP contribution in [0.1, 0.15) is 81.4 Å². The van der Waals surface area contributed by atoms with Crippen LogP contribution in [0.25, 0.3) is 0 Å². The second-order valence-corrected chi connectivity index (χ2v) is 9.58. The van der Waals surface area contributed by atoms with Gasteiger partial charge in [-0.1, -0.05) is 81.3 Å². The van der Waals surface area contributed by atoms with Crippen molar-refractivity contribution >= 4 is 11.6 Å². The van der Waals surface area contributed by atoms with Gasteiger partial charge in [0.1, 0.15) is 0 Å². The first-order valence-corrected chi connectivity index (χ1v) is 12.7. The van der Waals surface area contributed by atoms with Gasteiger partial charge < -0.3 is 4.90 Å². The Morgan fingerprint density at radius 3 is 2.23 bits per heavy atom. The van der Waals surface area contributed by atoms with Gasteiger partial charge in [0.15, 0.2) is 0 Å². The van der Waals surface area contributed by atoms with Gasteiger partial charge in [-0.05, 0) is 68.2 Å². The molecule has 1 aliphatic rings. The van der Waals surface area contributed by atoms with Gasteiger partial charge in [0.2, 0.25) is 0 Å². The molecule has 0 aromatic heterocycles. The number of hydrogen-bond donors (Lipinski definition) is 0. The maximum atomic E-state index is 6.61. The fourth-order valence-electron chi connectivity index (χ4n) is 5.05. The third-order valence-corrected chi connectivity index (χ3v) is 7.41. The molecule has 0 bridgehead atoms. The van der Waals surface area contributed by atoms with Crippen LogP contribution in [0.5, 0.6) is 0 Å². The summed E-state index contributed by atoms with van der Waals surface area (Å²) in [5, 5.41) is 0.321. The van der Waals surface area contributed by atoms with Gasteiger partial charge in [0.25, 0.3) is 0 Å². The van der Waals surface area contributed by atoms with Crippen molar-refractivity contribution in [2.24, 2.45) is 0 Å². The van der Waals surface area contributed by atoms with Gasteiger partial charge in [-0.3, -0.25) is 0 Å². The number of rotatable bonds is 11. The minimum absolute atomic E-state index is 0.321. The third-order valence-electron chi connectivity index (χ3n) is 6.88. The summed E-state index contributed by atoms with van der Waals surface area (Å²) in [5.41, 5.74) is 4.36. The summed E-state index contributed by atoms with van der Waals surface area (Å²) in [5.74, 6) is 0.552. The molecule has 0 spiro atoms. The maximum absolute atomic E-state index is 6.61. The van der Waals surface area contributed by atoms with Gasteiger partial charge in [-0.15, -0.1) is 11.6 Å². The van der Waals surface area contributed by atoms with Crippen LogP contribution in [0.4, 0.5) is 0 Å². The van der Waals surface area contributed by atoms with Crippen molar-refractivity contribution in [2.45, 2.75) is 89.0 Å². The minimum atomic E-state index is 0.321. The predicted octanol–water partition coefficient (Wildman–Crippen LogP) is 7.62. The predicted molar refractivity (Wildman–Crippen MR) is 132 cm³/mol. The standard InChI is InChI=1S/C28H40ClN/c1-3-21-30(22-20-23-10-6-5-7-11-23)26(4-2)19-16-24-14-17-25(18-15-24)27-12-8-9-13-28(27)29/h5-7,10-11,14-15,17-18,26-28H,3-4,8-9,12-13,16,19-22H2,1-2H3. The lowest BCUT2D eigenvalue weighted by atomic mass is 9.83. The van der Waals surface area contributed by atoms with E-state index >= 15 is 0 Å². The van der Waals surface area contributed by atoms with Crippen molar-refractivity contribution in [3.8, 4) is 0 Å².